The Morgan fingerprint density at radius 2 is 1.95 bits per heavy atom. The lowest BCUT2D eigenvalue weighted by molar-refractivity contribution is -0.153. The molecular weight excluding hydrogens is 474 g/mol. The van der Waals surface area contributed by atoms with E-state index in [1.807, 2.05) is 56.0 Å². The fraction of sp³-hybridized carbons (Fsp3) is 0.630. The van der Waals surface area contributed by atoms with Gasteiger partial charge in [0.05, 0.1) is 6.04 Å². The number of carbonyl (C=O) groups is 2. The molecular formula is C27H35N5O5. The van der Waals surface area contributed by atoms with Crippen LogP contribution in [0.25, 0.3) is 0 Å². The second-order valence-electron chi connectivity index (χ2n) is 12.0. The molecule has 4 fully saturated rings. The average molecular weight is 510 g/mol. The number of carbonyl (C=O) groups excluding carboxylic acids is 2. The summed E-state index contributed by atoms with van der Waals surface area (Å²) in [6.07, 6.45) is 4.97. The van der Waals surface area contributed by atoms with Crippen LogP contribution in [0.2, 0.25) is 0 Å². The van der Waals surface area contributed by atoms with Gasteiger partial charge < -0.3 is 19.4 Å². The smallest absolute Gasteiger partial charge is 0.407 e. The summed E-state index contributed by atoms with van der Waals surface area (Å²) in [4.78, 5) is 33.2. The van der Waals surface area contributed by atoms with Gasteiger partial charge in [-0.25, -0.2) is 9.59 Å². The van der Waals surface area contributed by atoms with E-state index in [0.29, 0.717) is 37.3 Å². The largest absolute Gasteiger partial charge is 0.444 e. The Morgan fingerprint density at radius 1 is 1.19 bits per heavy atom. The number of hydrogen-bond donors (Lipinski definition) is 1. The van der Waals surface area contributed by atoms with Crippen molar-refractivity contribution in [3.05, 3.63) is 47.7 Å². The van der Waals surface area contributed by atoms with Crippen molar-refractivity contribution in [3.63, 3.8) is 0 Å². The van der Waals surface area contributed by atoms with E-state index in [4.69, 9.17) is 14.0 Å². The van der Waals surface area contributed by atoms with Crippen LogP contribution < -0.4 is 5.32 Å². The molecule has 3 amide bonds. The second-order valence-corrected chi connectivity index (χ2v) is 12.0. The molecule has 3 heterocycles. The summed E-state index contributed by atoms with van der Waals surface area (Å²) in [6, 6.07) is 9.74. The van der Waals surface area contributed by atoms with Crippen molar-refractivity contribution in [2.24, 2.45) is 11.3 Å². The Morgan fingerprint density at radius 3 is 2.65 bits per heavy atom. The van der Waals surface area contributed by atoms with Gasteiger partial charge in [0.15, 0.2) is 0 Å². The topological polar surface area (TPSA) is 110 Å². The predicted octanol–water partition coefficient (Wildman–Crippen LogP) is 4.38. The third-order valence-corrected chi connectivity index (χ3v) is 8.06. The van der Waals surface area contributed by atoms with Gasteiger partial charge in [0, 0.05) is 19.0 Å². The quantitative estimate of drug-likeness (QED) is 0.590. The van der Waals surface area contributed by atoms with Gasteiger partial charge in [-0.2, -0.15) is 5.06 Å². The number of hydrogen-bond acceptors (Lipinski definition) is 7. The fourth-order valence-electron chi connectivity index (χ4n) is 5.94. The van der Waals surface area contributed by atoms with E-state index in [1.165, 1.54) is 0 Å². The number of benzene rings is 1. The number of amides is 3. The van der Waals surface area contributed by atoms with Gasteiger partial charge in [0.2, 0.25) is 11.8 Å². The molecule has 2 aliphatic heterocycles. The maximum atomic E-state index is 13.4. The molecule has 2 saturated carbocycles. The molecule has 2 bridgehead atoms. The van der Waals surface area contributed by atoms with Crippen molar-refractivity contribution < 1.29 is 23.6 Å². The number of nitrogens with one attached hydrogen (secondary N) is 1. The summed E-state index contributed by atoms with van der Waals surface area (Å²) in [5, 5.41) is 13.2. The highest BCUT2D eigenvalue weighted by Crippen LogP contribution is 2.61. The SMILES string of the molecule is CC(C)(C)OC(=O)N[C@H]1C[C@H](Cc2nnc([C@@H]3CC4(CC4)[C@H]4CN3C(=O)N4OCc3ccccc3)o2)C1. The third-order valence-electron chi connectivity index (χ3n) is 8.06. The van der Waals surface area contributed by atoms with Crippen LogP contribution in [0.3, 0.4) is 0 Å². The van der Waals surface area contributed by atoms with Gasteiger partial charge in [-0.3, -0.25) is 4.84 Å². The average Bonchev–Trinajstić information content (AvgIpc) is 3.31. The summed E-state index contributed by atoms with van der Waals surface area (Å²) in [5.74, 6) is 1.47. The van der Waals surface area contributed by atoms with E-state index in [2.05, 4.69) is 15.5 Å². The van der Waals surface area contributed by atoms with Crippen LogP contribution in [0, 0.1) is 11.3 Å². The van der Waals surface area contributed by atoms with E-state index in [9.17, 15) is 9.59 Å². The summed E-state index contributed by atoms with van der Waals surface area (Å²) < 4.78 is 11.4. The maximum absolute atomic E-state index is 13.4. The lowest BCUT2D eigenvalue weighted by atomic mass is 9.78. The number of nitrogens with zero attached hydrogens (tertiary/aromatic N) is 4. The molecule has 1 aromatic heterocycles. The third kappa shape index (κ3) is 4.91. The summed E-state index contributed by atoms with van der Waals surface area (Å²) in [6.45, 7) is 6.55. The van der Waals surface area contributed by atoms with Crippen molar-refractivity contribution in [2.75, 3.05) is 6.54 Å². The highest BCUT2D eigenvalue weighted by atomic mass is 16.7. The van der Waals surface area contributed by atoms with E-state index in [-0.39, 0.29) is 35.7 Å². The van der Waals surface area contributed by atoms with Gasteiger partial charge in [-0.1, -0.05) is 30.3 Å². The highest BCUT2D eigenvalue weighted by molar-refractivity contribution is 5.77. The Kier molecular flexibility index (Phi) is 5.89. The number of rotatable bonds is 7. The second kappa shape index (κ2) is 9.01. The minimum Gasteiger partial charge on any atom is -0.444 e. The lowest BCUT2D eigenvalue weighted by Crippen LogP contribution is -2.46. The first-order valence-electron chi connectivity index (χ1n) is 13.3. The number of urea groups is 1. The Bertz CT molecular complexity index is 1150. The normalized spacial score (nSPS) is 27.8. The Labute approximate surface area is 216 Å². The van der Waals surface area contributed by atoms with Crippen molar-refractivity contribution >= 4 is 12.1 Å². The molecule has 10 heteroatoms. The van der Waals surface area contributed by atoms with Crippen LogP contribution in [0.1, 0.15) is 76.3 Å². The molecule has 2 atom stereocenters. The first-order valence-corrected chi connectivity index (χ1v) is 13.3. The zero-order valence-electron chi connectivity index (χ0n) is 21.7. The zero-order chi connectivity index (χ0) is 25.8. The van der Waals surface area contributed by atoms with Crippen LogP contribution in [0.15, 0.2) is 34.7 Å². The molecule has 198 valence electrons. The van der Waals surface area contributed by atoms with E-state index < -0.39 is 5.60 Å². The first kappa shape index (κ1) is 24.2. The zero-order valence-corrected chi connectivity index (χ0v) is 21.7. The van der Waals surface area contributed by atoms with Crippen LogP contribution in [-0.2, 0) is 22.6 Å². The van der Waals surface area contributed by atoms with Crippen LogP contribution in [-0.4, -0.2) is 56.5 Å². The number of alkyl carbamates (subject to hydrolysis) is 1. The minimum absolute atomic E-state index is 0.0618. The van der Waals surface area contributed by atoms with Gasteiger partial charge >= 0.3 is 12.1 Å². The van der Waals surface area contributed by atoms with Crippen molar-refractivity contribution in [1.29, 1.82) is 0 Å². The molecule has 0 radical (unpaired) electrons. The molecule has 6 rings (SSSR count). The monoisotopic (exact) mass is 509 g/mol. The fourth-order valence-corrected chi connectivity index (χ4v) is 5.94. The van der Waals surface area contributed by atoms with Crippen molar-refractivity contribution in [2.45, 2.75) is 89.6 Å². The molecule has 1 N–H and O–H groups in total. The number of ether oxygens (including phenoxy) is 1. The van der Waals surface area contributed by atoms with E-state index >= 15 is 0 Å². The summed E-state index contributed by atoms with van der Waals surface area (Å²) in [5.41, 5.74) is 0.592. The number of hydroxylamine groups is 2. The molecule has 2 aliphatic carbocycles. The minimum atomic E-state index is -0.507. The maximum Gasteiger partial charge on any atom is 0.407 e. The van der Waals surface area contributed by atoms with Crippen molar-refractivity contribution in [3.8, 4) is 0 Å². The number of aromatic nitrogens is 2. The molecule has 0 unspecified atom stereocenters. The predicted molar refractivity (Wildman–Crippen MR) is 132 cm³/mol. The molecule has 10 nitrogen and oxygen atoms in total. The molecule has 1 spiro atoms. The van der Waals surface area contributed by atoms with Crippen LogP contribution in [0.5, 0.6) is 0 Å². The molecule has 4 aliphatic rings. The Hall–Kier alpha value is -3.14. The Balaban J connectivity index is 1.05. The van der Waals surface area contributed by atoms with Crippen molar-refractivity contribution in [1.82, 2.24) is 25.5 Å². The van der Waals surface area contributed by atoms with E-state index in [1.54, 1.807) is 5.06 Å². The first-order chi connectivity index (χ1) is 17.7. The van der Waals surface area contributed by atoms with Gasteiger partial charge in [0.1, 0.15) is 18.2 Å². The summed E-state index contributed by atoms with van der Waals surface area (Å²) in [7, 11) is 0. The molecule has 37 heavy (non-hydrogen) atoms. The lowest BCUT2D eigenvalue weighted by Gasteiger charge is -2.35. The van der Waals surface area contributed by atoms with Crippen LogP contribution >= 0.6 is 0 Å². The van der Waals surface area contributed by atoms with E-state index in [0.717, 1.165) is 37.7 Å². The van der Waals surface area contributed by atoms with Gasteiger partial charge in [-0.05, 0) is 69.8 Å². The standard InChI is InChI=1S/C27H35N5O5/c1-26(2,3)37-24(33)28-19-11-18(12-19)13-22-29-30-23(36-22)20-14-27(9-10-27)21-15-31(20)25(34)32(21)35-16-17-7-5-4-6-8-17/h4-8,18-21H,9-16H2,1-3H3,(H,28,33)/t18-,19-,20-,21+/m0/s1. The van der Waals surface area contributed by atoms with Gasteiger partial charge in [-0.15, -0.1) is 10.2 Å². The van der Waals surface area contributed by atoms with Gasteiger partial charge in [0.25, 0.3) is 0 Å². The molecule has 2 saturated heterocycles. The number of piperidine rings is 1. The molecule has 2 aromatic rings. The molecule has 1 aromatic carbocycles. The highest BCUT2D eigenvalue weighted by Gasteiger charge is 2.64. The summed E-state index contributed by atoms with van der Waals surface area (Å²) >= 11 is 0. The van der Waals surface area contributed by atoms with Crippen LogP contribution in [0.4, 0.5) is 9.59 Å². The number of fused-ring (bicyclic) bond motifs is 3.